The summed E-state index contributed by atoms with van der Waals surface area (Å²) in [5.74, 6) is 0. The van der Waals surface area contributed by atoms with Gasteiger partial charge in [0.05, 0.1) is 5.41 Å². The van der Waals surface area contributed by atoms with Crippen LogP contribution in [-0.2, 0) is 0 Å². The number of unbranched alkanes of at least 4 members (excludes halogenated alkanes) is 1. The lowest BCUT2D eigenvalue weighted by Gasteiger charge is -2.29. The fourth-order valence-electron chi connectivity index (χ4n) is 0.851. The Hall–Kier alpha value is 0.520. The quantitative estimate of drug-likeness (QED) is 0.539. The van der Waals surface area contributed by atoms with Crippen LogP contribution in [0.3, 0.4) is 0 Å². The second-order valence-corrected chi connectivity index (χ2v) is 4.06. The summed E-state index contributed by atoms with van der Waals surface area (Å²) in [4.78, 5) is 0. The molecule has 74 valence electrons. The first-order chi connectivity index (χ1) is 5.37. The van der Waals surface area contributed by atoms with Crippen molar-refractivity contribution in [2.75, 3.05) is 4.43 Å². The summed E-state index contributed by atoms with van der Waals surface area (Å²) >= 11 is 1.81. The van der Waals surface area contributed by atoms with E-state index in [4.69, 9.17) is 0 Å². The Kier molecular flexibility index (Phi) is 4.87. The van der Waals surface area contributed by atoms with Gasteiger partial charge in [-0.25, -0.2) is 0 Å². The lowest BCUT2D eigenvalue weighted by Crippen LogP contribution is -2.36. The van der Waals surface area contributed by atoms with Crippen molar-refractivity contribution < 1.29 is 13.2 Å². The summed E-state index contributed by atoms with van der Waals surface area (Å²) in [5, 5.41) is 0. The van der Waals surface area contributed by atoms with Crippen LogP contribution in [0.2, 0.25) is 0 Å². The molecule has 0 radical (unpaired) electrons. The van der Waals surface area contributed by atoms with Gasteiger partial charge in [0.1, 0.15) is 0 Å². The van der Waals surface area contributed by atoms with Crippen LogP contribution in [0.25, 0.3) is 0 Å². The second-order valence-electron chi connectivity index (χ2n) is 3.30. The van der Waals surface area contributed by atoms with Gasteiger partial charge < -0.3 is 0 Å². The molecule has 0 amide bonds. The molecule has 0 fully saturated rings. The standard InChI is InChI=1S/C8H14F3I/c1-3-4-5-7(2,6-12)8(9,10)11/h3-6H2,1-2H3/t7-/m0/s1. The predicted molar refractivity (Wildman–Crippen MR) is 52.6 cm³/mol. The molecular weight excluding hydrogens is 280 g/mol. The average Bonchev–Trinajstić information content (AvgIpc) is 1.98. The van der Waals surface area contributed by atoms with Crippen LogP contribution in [0.1, 0.15) is 33.1 Å². The van der Waals surface area contributed by atoms with E-state index in [2.05, 4.69) is 0 Å². The number of halogens is 4. The first kappa shape index (κ1) is 12.5. The molecule has 0 spiro atoms. The smallest absolute Gasteiger partial charge is 0.170 e. The van der Waals surface area contributed by atoms with Crippen molar-refractivity contribution in [3.05, 3.63) is 0 Å². The number of alkyl halides is 4. The molecule has 0 aliphatic rings. The average molecular weight is 294 g/mol. The maximum Gasteiger partial charge on any atom is 0.394 e. The topological polar surface area (TPSA) is 0 Å². The van der Waals surface area contributed by atoms with Crippen LogP contribution in [0, 0.1) is 5.41 Å². The van der Waals surface area contributed by atoms with Gasteiger partial charge in [0.2, 0.25) is 0 Å². The molecule has 0 aromatic carbocycles. The molecule has 0 nitrogen and oxygen atoms in total. The van der Waals surface area contributed by atoms with Crippen molar-refractivity contribution >= 4 is 22.6 Å². The molecule has 12 heavy (non-hydrogen) atoms. The number of hydrogen-bond donors (Lipinski definition) is 0. The van der Waals surface area contributed by atoms with E-state index in [1.165, 1.54) is 6.92 Å². The first-order valence-electron chi connectivity index (χ1n) is 4.00. The first-order valence-corrected chi connectivity index (χ1v) is 5.52. The molecule has 1 atom stereocenters. The second kappa shape index (κ2) is 4.67. The Morgan fingerprint density at radius 1 is 1.25 bits per heavy atom. The largest absolute Gasteiger partial charge is 0.394 e. The van der Waals surface area contributed by atoms with Crippen molar-refractivity contribution in [3.63, 3.8) is 0 Å². The zero-order valence-electron chi connectivity index (χ0n) is 7.34. The van der Waals surface area contributed by atoms with Crippen LogP contribution in [-0.4, -0.2) is 10.6 Å². The fourth-order valence-corrected chi connectivity index (χ4v) is 1.67. The molecule has 0 N–H and O–H groups in total. The zero-order valence-corrected chi connectivity index (χ0v) is 9.50. The summed E-state index contributed by atoms with van der Waals surface area (Å²) in [5.41, 5.74) is -1.48. The highest BCUT2D eigenvalue weighted by Gasteiger charge is 2.49. The molecule has 0 aliphatic heterocycles. The lowest BCUT2D eigenvalue weighted by atomic mass is 9.86. The van der Waals surface area contributed by atoms with E-state index in [-0.39, 0.29) is 10.8 Å². The van der Waals surface area contributed by atoms with Crippen LogP contribution < -0.4 is 0 Å². The Balaban J connectivity index is 4.24. The van der Waals surface area contributed by atoms with Gasteiger partial charge in [0, 0.05) is 4.43 Å². The summed E-state index contributed by atoms with van der Waals surface area (Å²) in [6, 6.07) is 0. The van der Waals surface area contributed by atoms with Gasteiger partial charge in [-0.05, 0) is 6.42 Å². The molecule has 0 bridgehead atoms. The summed E-state index contributed by atoms with van der Waals surface area (Å²) in [7, 11) is 0. The van der Waals surface area contributed by atoms with E-state index in [0.29, 0.717) is 6.42 Å². The fraction of sp³-hybridized carbons (Fsp3) is 1.00. The molecule has 0 rings (SSSR count). The maximum absolute atomic E-state index is 12.4. The molecule has 0 saturated heterocycles. The van der Waals surface area contributed by atoms with E-state index >= 15 is 0 Å². The summed E-state index contributed by atoms with van der Waals surface area (Å²) < 4.78 is 37.4. The Morgan fingerprint density at radius 2 is 1.75 bits per heavy atom. The van der Waals surface area contributed by atoms with Crippen molar-refractivity contribution in [3.8, 4) is 0 Å². The predicted octanol–water partition coefficient (Wildman–Crippen LogP) is 4.18. The molecule has 0 unspecified atom stereocenters. The third-order valence-corrected chi connectivity index (χ3v) is 3.74. The van der Waals surface area contributed by atoms with Gasteiger partial charge in [0.15, 0.2) is 0 Å². The van der Waals surface area contributed by atoms with Gasteiger partial charge in [-0.2, -0.15) is 13.2 Å². The van der Waals surface area contributed by atoms with Crippen LogP contribution >= 0.6 is 22.6 Å². The van der Waals surface area contributed by atoms with Gasteiger partial charge in [-0.1, -0.05) is 49.3 Å². The number of hydrogen-bond acceptors (Lipinski definition) is 0. The van der Waals surface area contributed by atoms with Crippen molar-refractivity contribution in [1.29, 1.82) is 0 Å². The molecule has 0 aliphatic carbocycles. The van der Waals surface area contributed by atoms with Crippen LogP contribution in [0.4, 0.5) is 13.2 Å². The third kappa shape index (κ3) is 3.11. The Morgan fingerprint density at radius 3 is 2.00 bits per heavy atom. The zero-order chi connectivity index (χ0) is 9.83. The SMILES string of the molecule is CCCC[C@@](C)(CI)C(F)(F)F. The minimum atomic E-state index is -4.05. The lowest BCUT2D eigenvalue weighted by molar-refractivity contribution is -0.210. The van der Waals surface area contributed by atoms with E-state index in [1.54, 1.807) is 0 Å². The summed E-state index contributed by atoms with van der Waals surface area (Å²) in [6.07, 6.45) is -2.33. The minimum absolute atomic E-state index is 0.147. The highest BCUT2D eigenvalue weighted by atomic mass is 127. The molecule has 0 heterocycles. The van der Waals surface area contributed by atoms with Gasteiger partial charge in [-0.15, -0.1) is 0 Å². The van der Waals surface area contributed by atoms with Crippen LogP contribution in [0.5, 0.6) is 0 Å². The molecule has 0 aromatic heterocycles. The van der Waals surface area contributed by atoms with Crippen molar-refractivity contribution in [2.45, 2.75) is 39.3 Å². The highest BCUT2D eigenvalue weighted by molar-refractivity contribution is 14.1. The Bertz CT molecular complexity index is 133. The van der Waals surface area contributed by atoms with Crippen molar-refractivity contribution in [2.24, 2.45) is 5.41 Å². The highest BCUT2D eigenvalue weighted by Crippen LogP contribution is 2.43. The van der Waals surface area contributed by atoms with Crippen LogP contribution in [0.15, 0.2) is 0 Å². The minimum Gasteiger partial charge on any atom is -0.170 e. The van der Waals surface area contributed by atoms with E-state index in [1.807, 2.05) is 29.5 Å². The monoisotopic (exact) mass is 294 g/mol. The third-order valence-electron chi connectivity index (χ3n) is 2.06. The van der Waals surface area contributed by atoms with E-state index in [9.17, 15) is 13.2 Å². The van der Waals surface area contributed by atoms with E-state index < -0.39 is 11.6 Å². The van der Waals surface area contributed by atoms with Crippen molar-refractivity contribution in [1.82, 2.24) is 0 Å². The maximum atomic E-state index is 12.4. The number of rotatable bonds is 4. The van der Waals surface area contributed by atoms with E-state index in [0.717, 1.165) is 6.42 Å². The normalized spacial score (nSPS) is 17.5. The Labute approximate surface area is 85.1 Å². The molecule has 0 aromatic rings. The molecule has 4 heteroatoms. The van der Waals surface area contributed by atoms with Gasteiger partial charge in [-0.3, -0.25) is 0 Å². The summed E-state index contributed by atoms with van der Waals surface area (Å²) in [6.45, 7) is 3.21. The van der Waals surface area contributed by atoms with Gasteiger partial charge in [0.25, 0.3) is 0 Å². The molecule has 0 saturated carbocycles. The van der Waals surface area contributed by atoms with Gasteiger partial charge >= 0.3 is 6.18 Å². The molecular formula is C8H14F3I.